The summed E-state index contributed by atoms with van der Waals surface area (Å²) in [5.74, 6) is 2.20. The van der Waals surface area contributed by atoms with Crippen LogP contribution in [-0.2, 0) is 4.74 Å². The Morgan fingerprint density at radius 1 is 1.06 bits per heavy atom. The molecule has 0 aromatic carbocycles. The van der Waals surface area contributed by atoms with E-state index < -0.39 is 0 Å². The molecular formula is C29H39N5O2. The summed E-state index contributed by atoms with van der Waals surface area (Å²) in [6.45, 7) is 11.6. The summed E-state index contributed by atoms with van der Waals surface area (Å²) in [6.07, 6.45) is 19.3. The number of nitrogens with one attached hydrogen (secondary N) is 1. The van der Waals surface area contributed by atoms with E-state index >= 15 is 0 Å². The number of pyridine rings is 2. The number of carbonyl (C=O) groups is 1. The number of hydrogen-bond acceptors (Lipinski definition) is 6. The number of aryl methyl sites for hydroxylation is 1. The van der Waals surface area contributed by atoms with E-state index in [1.165, 1.54) is 0 Å². The second-order valence-corrected chi connectivity index (χ2v) is 7.94. The number of aromatic nitrogens is 2. The highest BCUT2D eigenvalue weighted by Gasteiger charge is 2.19. The Hall–Kier alpha value is -4.05. The molecule has 0 saturated carbocycles. The highest BCUT2D eigenvalue weighted by Crippen LogP contribution is 2.28. The minimum absolute atomic E-state index is 0.0688. The van der Waals surface area contributed by atoms with E-state index in [2.05, 4.69) is 46.9 Å². The molecule has 2 rings (SSSR count). The summed E-state index contributed by atoms with van der Waals surface area (Å²) < 4.78 is 5.38. The van der Waals surface area contributed by atoms with E-state index in [0.29, 0.717) is 11.4 Å². The van der Waals surface area contributed by atoms with Gasteiger partial charge in [0.2, 0.25) is 0 Å². The Morgan fingerprint density at radius 3 is 2.17 bits per heavy atom. The van der Waals surface area contributed by atoms with Crippen LogP contribution in [0.25, 0.3) is 11.1 Å². The van der Waals surface area contributed by atoms with Gasteiger partial charge in [0.15, 0.2) is 0 Å². The van der Waals surface area contributed by atoms with Gasteiger partial charge in [0.1, 0.15) is 17.4 Å². The fourth-order valence-electron chi connectivity index (χ4n) is 3.61. The Morgan fingerprint density at radius 2 is 1.67 bits per heavy atom. The second-order valence-electron chi connectivity index (χ2n) is 7.94. The number of carbonyl (C=O) groups excluding carboxylic acids is 1. The van der Waals surface area contributed by atoms with Crippen LogP contribution in [0, 0.1) is 19.8 Å². The molecule has 0 spiro atoms. The van der Waals surface area contributed by atoms with E-state index in [1.54, 1.807) is 32.3 Å². The number of hydrogen-bond donors (Lipinski definition) is 1. The number of nitrogens with zero attached hydrogens (tertiary/aromatic N) is 4. The van der Waals surface area contributed by atoms with E-state index in [1.807, 2.05) is 63.5 Å². The normalized spacial score (nSPS) is 11.5. The van der Waals surface area contributed by atoms with Crippen molar-refractivity contribution in [3.8, 4) is 24.0 Å². The van der Waals surface area contributed by atoms with Crippen molar-refractivity contribution in [2.75, 3.05) is 44.5 Å². The molecule has 2 aromatic rings. The topological polar surface area (TPSA) is 70.6 Å². The van der Waals surface area contributed by atoms with Crippen LogP contribution in [0.1, 0.15) is 43.6 Å². The van der Waals surface area contributed by atoms with Gasteiger partial charge in [-0.05, 0) is 64.5 Å². The minimum atomic E-state index is -0.0688. The molecule has 0 aliphatic heterocycles. The lowest BCUT2D eigenvalue weighted by Gasteiger charge is -2.24. The molecule has 0 radical (unpaired) electrons. The zero-order chi connectivity index (χ0) is 27.3. The van der Waals surface area contributed by atoms with E-state index in [4.69, 9.17) is 4.74 Å². The lowest BCUT2D eigenvalue weighted by molar-refractivity contribution is 0.0828. The Kier molecular flexibility index (Phi) is 12.5. The van der Waals surface area contributed by atoms with Crippen LogP contribution >= 0.6 is 0 Å². The number of methoxy groups -OCH3 is 1. The quantitative estimate of drug-likeness (QED) is 0.263. The zero-order valence-electron chi connectivity index (χ0n) is 22.8. The van der Waals surface area contributed by atoms with E-state index in [-0.39, 0.29) is 5.91 Å². The second kappa shape index (κ2) is 15.0. The first kappa shape index (κ1) is 30.0. The van der Waals surface area contributed by atoms with Crippen LogP contribution < -0.4 is 10.2 Å². The monoisotopic (exact) mass is 489 g/mol. The molecule has 36 heavy (non-hydrogen) atoms. The number of allylic oxidation sites excluding steroid dienone is 3. The van der Waals surface area contributed by atoms with Gasteiger partial charge in [-0.15, -0.1) is 12.8 Å². The third kappa shape index (κ3) is 7.47. The van der Waals surface area contributed by atoms with Crippen LogP contribution in [0.5, 0.6) is 0 Å². The van der Waals surface area contributed by atoms with Crippen molar-refractivity contribution in [2.45, 2.75) is 34.6 Å². The maximum Gasteiger partial charge on any atom is 0.257 e. The fourth-order valence-corrected chi connectivity index (χ4v) is 3.61. The number of terminal acetylenes is 1. The predicted molar refractivity (Wildman–Crippen MR) is 151 cm³/mol. The van der Waals surface area contributed by atoms with Gasteiger partial charge in [-0.1, -0.05) is 6.08 Å². The van der Waals surface area contributed by atoms with Gasteiger partial charge in [0.05, 0.1) is 12.7 Å². The summed E-state index contributed by atoms with van der Waals surface area (Å²) in [6, 6.07) is 3.96. The van der Waals surface area contributed by atoms with Gasteiger partial charge in [0.25, 0.3) is 5.91 Å². The first-order chi connectivity index (χ1) is 17.3. The van der Waals surface area contributed by atoms with Crippen LogP contribution in [0.15, 0.2) is 60.3 Å². The lowest BCUT2D eigenvalue weighted by atomic mass is 10.0. The van der Waals surface area contributed by atoms with Crippen LogP contribution in [0.3, 0.4) is 0 Å². The molecule has 0 atom stereocenters. The molecule has 0 saturated heterocycles. The molecule has 1 N–H and O–H groups in total. The molecule has 0 bridgehead atoms. The maximum absolute atomic E-state index is 12.9. The summed E-state index contributed by atoms with van der Waals surface area (Å²) in [5.41, 5.74) is 4.31. The first-order valence-electron chi connectivity index (χ1n) is 11.9. The summed E-state index contributed by atoms with van der Waals surface area (Å²) in [4.78, 5) is 25.8. The van der Waals surface area contributed by atoms with Gasteiger partial charge in [-0.25, -0.2) is 9.97 Å². The van der Waals surface area contributed by atoms with Gasteiger partial charge < -0.3 is 19.9 Å². The number of rotatable bonds is 10. The lowest BCUT2D eigenvalue weighted by Crippen LogP contribution is -2.29. The molecular weight excluding hydrogens is 450 g/mol. The van der Waals surface area contributed by atoms with Crippen molar-refractivity contribution in [1.29, 1.82) is 0 Å². The average molecular weight is 490 g/mol. The fraction of sp³-hybridized carbons (Fsp3) is 0.345. The van der Waals surface area contributed by atoms with Crippen LogP contribution in [-0.4, -0.2) is 55.1 Å². The maximum atomic E-state index is 12.9. The molecule has 0 fully saturated rings. The molecule has 7 nitrogen and oxygen atoms in total. The van der Waals surface area contributed by atoms with Crippen molar-refractivity contribution in [2.24, 2.45) is 0 Å². The van der Waals surface area contributed by atoms with Crippen molar-refractivity contribution in [3.05, 3.63) is 71.4 Å². The zero-order valence-corrected chi connectivity index (χ0v) is 22.8. The molecule has 0 aliphatic rings. The minimum Gasteiger partial charge on any atom is -0.496 e. The highest BCUT2D eigenvalue weighted by molar-refractivity contribution is 5.99. The first-order valence-corrected chi connectivity index (χ1v) is 11.9. The summed E-state index contributed by atoms with van der Waals surface area (Å²) in [5, 5.41) is 3.24. The number of anilines is 2. The largest absolute Gasteiger partial charge is 0.496 e. The molecule has 1 amide bonds. The van der Waals surface area contributed by atoms with Gasteiger partial charge in [0, 0.05) is 62.5 Å². The molecule has 2 heterocycles. The molecule has 2 aromatic heterocycles. The van der Waals surface area contributed by atoms with Gasteiger partial charge in [-0.3, -0.25) is 4.79 Å². The average Bonchev–Trinajstić information content (AvgIpc) is 2.90. The standard InChI is InChI=1S/C27H37N5O2.C2H2/c1-9-20(24(10-2)34-8)13-14-28-25-19(5)15-21(17-29-25)22-16-23(27(33)31(6)7)26(30-18-22)32(11-3)12-4;1-2/h9-10,13-18H,11-12H2,1-8H3,(H,28,29);1-2H/b14-13+,20-9-,24-10+;. The third-order valence-electron chi connectivity index (χ3n) is 5.54. The number of ether oxygens (including phenoxy) is 1. The van der Waals surface area contributed by atoms with Crippen LogP contribution in [0.4, 0.5) is 11.6 Å². The van der Waals surface area contributed by atoms with Gasteiger partial charge in [-0.2, -0.15) is 0 Å². The summed E-state index contributed by atoms with van der Waals surface area (Å²) >= 11 is 0. The SMILES string of the molecule is C#C.C/C=C(/C=C/Nc1ncc(-c2cnc(N(CC)CC)c(C(=O)N(C)C)c2)cc1C)C(=C/C)\OC. The Balaban J connectivity index is 0.00000316. The number of amides is 1. The van der Waals surface area contributed by atoms with Crippen molar-refractivity contribution < 1.29 is 9.53 Å². The molecule has 192 valence electrons. The van der Waals surface area contributed by atoms with Crippen molar-refractivity contribution in [3.63, 3.8) is 0 Å². The molecule has 7 heteroatoms. The van der Waals surface area contributed by atoms with Crippen LogP contribution in [0.2, 0.25) is 0 Å². The molecule has 0 unspecified atom stereocenters. The predicted octanol–water partition coefficient (Wildman–Crippen LogP) is 5.67. The Bertz CT molecular complexity index is 1130. The highest BCUT2D eigenvalue weighted by atomic mass is 16.5. The van der Waals surface area contributed by atoms with Crippen molar-refractivity contribution in [1.82, 2.24) is 14.9 Å². The third-order valence-corrected chi connectivity index (χ3v) is 5.54. The van der Waals surface area contributed by atoms with E-state index in [0.717, 1.165) is 46.9 Å². The smallest absolute Gasteiger partial charge is 0.257 e. The van der Waals surface area contributed by atoms with Crippen molar-refractivity contribution >= 4 is 17.5 Å². The van der Waals surface area contributed by atoms with Gasteiger partial charge >= 0.3 is 0 Å². The summed E-state index contributed by atoms with van der Waals surface area (Å²) in [7, 11) is 5.17. The van der Waals surface area contributed by atoms with E-state index in [9.17, 15) is 4.79 Å². The molecule has 0 aliphatic carbocycles. The Labute approximate surface area is 216 Å².